The van der Waals surface area contributed by atoms with Crippen molar-refractivity contribution in [1.82, 2.24) is 10.6 Å². The number of amides is 2. The van der Waals surface area contributed by atoms with Crippen molar-refractivity contribution in [2.75, 3.05) is 19.6 Å². The Kier molecular flexibility index (Phi) is 10.9. The Balaban J connectivity index is 4.72. The molecule has 0 radical (unpaired) electrons. The van der Waals surface area contributed by atoms with E-state index in [1.807, 2.05) is 0 Å². The van der Waals surface area contributed by atoms with Crippen LogP contribution in [0.25, 0.3) is 0 Å². The third-order valence-electron chi connectivity index (χ3n) is 3.21. The van der Waals surface area contributed by atoms with E-state index in [1.165, 1.54) is 0 Å². The molecule has 0 spiro atoms. The highest BCUT2D eigenvalue weighted by molar-refractivity contribution is 5.91. The van der Waals surface area contributed by atoms with Gasteiger partial charge in [-0.3, -0.25) is 9.59 Å². The molecule has 3 atom stereocenters. The molecule has 0 aromatic rings. The number of hydrogen-bond acceptors (Lipinski definition) is 7. The predicted octanol–water partition coefficient (Wildman–Crippen LogP) is -3.20. The summed E-state index contributed by atoms with van der Waals surface area (Å²) in [6.45, 7) is 0.660. The highest BCUT2D eigenvalue weighted by Gasteiger charge is 2.26. The summed E-state index contributed by atoms with van der Waals surface area (Å²) in [6.07, 6.45) is 1.22. The third-order valence-corrected chi connectivity index (χ3v) is 3.21. The van der Waals surface area contributed by atoms with Gasteiger partial charge in [-0.2, -0.15) is 0 Å². The van der Waals surface area contributed by atoms with Crippen LogP contribution >= 0.6 is 0 Å². The highest BCUT2D eigenvalue weighted by atomic mass is 16.4. The molecule has 23 heavy (non-hydrogen) atoms. The molecular formula is C13H28N6O4. The molecular weight excluding hydrogens is 304 g/mol. The van der Waals surface area contributed by atoms with Gasteiger partial charge in [0, 0.05) is 0 Å². The molecule has 10 nitrogen and oxygen atoms in total. The smallest absolute Gasteiger partial charge is 0.326 e. The Labute approximate surface area is 135 Å². The molecule has 0 unspecified atom stereocenters. The summed E-state index contributed by atoms with van der Waals surface area (Å²) in [6, 6.07) is -2.85. The van der Waals surface area contributed by atoms with Crippen molar-refractivity contribution in [3.63, 3.8) is 0 Å². The summed E-state index contributed by atoms with van der Waals surface area (Å²) in [5, 5.41) is 13.8. The first-order valence-corrected chi connectivity index (χ1v) is 7.56. The topological polar surface area (TPSA) is 200 Å². The first-order chi connectivity index (χ1) is 10.9. The van der Waals surface area contributed by atoms with Gasteiger partial charge >= 0.3 is 5.97 Å². The number of aliphatic carboxylic acids is 1. The van der Waals surface area contributed by atoms with Crippen molar-refractivity contribution in [1.29, 1.82) is 0 Å². The van der Waals surface area contributed by atoms with E-state index < -0.39 is 35.9 Å². The van der Waals surface area contributed by atoms with Crippen molar-refractivity contribution in [2.45, 2.75) is 43.8 Å². The number of carboxylic acid groups (broad SMARTS) is 1. The van der Waals surface area contributed by atoms with Gasteiger partial charge in [-0.25, -0.2) is 4.79 Å². The number of nitrogens with two attached hydrogens (primary N) is 4. The molecule has 2 amide bonds. The first kappa shape index (κ1) is 21.2. The number of nitrogens with one attached hydrogen (secondary N) is 2. The molecule has 0 aromatic carbocycles. The van der Waals surface area contributed by atoms with Gasteiger partial charge in [0.05, 0.1) is 6.04 Å². The molecule has 0 aliphatic rings. The van der Waals surface area contributed by atoms with E-state index in [-0.39, 0.29) is 25.9 Å². The van der Waals surface area contributed by atoms with Crippen LogP contribution < -0.4 is 33.6 Å². The van der Waals surface area contributed by atoms with Crippen molar-refractivity contribution < 1.29 is 19.5 Å². The molecule has 10 heteroatoms. The summed E-state index contributed by atoms with van der Waals surface area (Å²) < 4.78 is 0. The van der Waals surface area contributed by atoms with Crippen molar-refractivity contribution >= 4 is 17.8 Å². The number of carbonyl (C=O) groups is 3. The van der Waals surface area contributed by atoms with Gasteiger partial charge in [0.25, 0.3) is 0 Å². The largest absolute Gasteiger partial charge is 0.480 e. The van der Waals surface area contributed by atoms with Crippen LogP contribution in [0.1, 0.15) is 25.7 Å². The summed E-state index contributed by atoms with van der Waals surface area (Å²) in [7, 11) is 0. The summed E-state index contributed by atoms with van der Waals surface area (Å²) >= 11 is 0. The van der Waals surface area contributed by atoms with E-state index in [4.69, 9.17) is 28.0 Å². The van der Waals surface area contributed by atoms with Crippen LogP contribution in [0.3, 0.4) is 0 Å². The molecule has 0 aliphatic carbocycles. The SMILES string of the molecule is NCCC[C@H](N)C(=O)N[C@@H](CCN)C(=O)N[C@@H](CCN)C(=O)O. The minimum atomic E-state index is -1.19. The second-order valence-corrected chi connectivity index (χ2v) is 5.15. The number of carboxylic acids is 1. The van der Waals surface area contributed by atoms with Gasteiger partial charge < -0.3 is 38.7 Å². The van der Waals surface area contributed by atoms with Gasteiger partial charge in [0.15, 0.2) is 0 Å². The lowest BCUT2D eigenvalue weighted by molar-refractivity contribution is -0.142. The molecule has 11 N–H and O–H groups in total. The van der Waals surface area contributed by atoms with Crippen LogP contribution in [0.2, 0.25) is 0 Å². The maximum Gasteiger partial charge on any atom is 0.326 e. The fourth-order valence-corrected chi connectivity index (χ4v) is 1.88. The molecule has 0 saturated carbocycles. The average Bonchev–Trinajstić information content (AvgIpc) is 2.51. The number of hydrogen-bond donors (Lipinski definition) is 7. The monoisotopic (exact) mass is 332 g/mol. The van der Waals surface area contributed by atoms with Crippen LogP contribution in [0.15, 0.2) is 0 Å². The van der Waals surface area contributed by atoms with Crippen molar-refractivity contribution in [3.05, 3.63) is 0 Å². The fourth-order valence-electron chi connectivity index (χ4n) is 1.88. The summed E-state index contributed by atoms with van der Waals surface area (Å²) in [5.74, 6) is -2.32. The van der Waals surface area contributed by atoms with Gasteiger partial charge in [-0.05, 0) is 45.3 Å². The first-order valence-electron chi connectivity index (χ1n) is 7.56. The van der Waals surface area contributed by atoms with Gasteiger partial charge in [0.2, 0.25) is 11.8 Å². The lowest BCUT2D eigenvalue weighted by Crippen LogP contribution is -2.55. The van der Waals surface area contributed by atoms with Gasteiger partial charge in [-0.1, -0.05) is 0 Å². The van der Waals surface area contributed by atoms with E-state index in [2.05, 4.69) is 10.6 Å². The Morgan fingerprint density at radius 3 is 1.83 bits per heavy atom. The van der Waals surface area contributed by atoms with E-state index in [9.17, 15) is 14.4 Å². The van der Waals surface area contributed by atoms with Gasteiger partial charge in [0.1, 0.15) is 12.1 Å². The third kappa shape index (κ3) is 8.45. The number of rotatable bonds is 12. The van der Waals surface area contributed by atoms with E-state index in [0.29, 0.717) is 19.4 Å². The summed E-state index contributed by atoms with van der Waals surface area (Å²) in [5.41, 5.74) is 21.8. The average molecular weight is 332 g/mol. The van der Waals surface area contributed by atoms with Crippen LogP contribution in [-0.4, -0.2) is 60.6 Å². The number of carbonyl (C=O) groups excluding carboxylic acids is 2. The normalized spacial score (nSPS) is 14.6. The lowest BCUT2D eigenvalue weighted by Gasteiger charge is -2.22. The molecule has 0 heterocycles. The van der Waals surface area contributed by atoms with Crippen LogP contribution in [-0.2, 0) is 14.4 Å². The standard InChI is InChI=1S/C13H28N6O4/c14-5-1-2-8(17)11(20)18-9(3-6-15)12(21)19-10(4-7-16)13(22)23/h8-10H,1-7,14-17H2,(H,18,20)(H,19,21)(H,22,23)/t8-,9-,10-/m0/s1. The van der Waals surface area contributed by atoms with Crippen LogP contribution in [0, 0.1) is 0 Å². The second-order valence-electron chi connectivity index (χ2n) is 5.15. The molecule has 134 valence electrons. The Morgan fingerprint density at radius 1 is 0.826 bits per heavy atom. The quantitative estimate of drug-likeness (QED) is 0.194. The van der Waals surface area contributed by atoms with Gasteiger partial charge in [-0.15, -0.1) is 0 Å². The maximum atomic E-state index is 12.1. The zero-order chi connectivity index (χ0) is 17.8. The Hall–Kier alpha value is -1.75. The predicted molar refractivity (Wildman–Crippen MR) is 85.1 cm³/mol. The molecule has 0 bridgehead atoms. The lowest BCUT2D eigenvalue weighted by atomic mass is 10.1. The molecule has 0 fully saturated rings. The zero-order valence-electron chi connectivity index (χ0n) is 13.2. The van der Waals surface area contributed by atoms with Crippen LogP contribution in [0.4, 0.5) is 0 Å². The molecule has 0 saturated heterocycles. The van der Waals surface area contributed by atoms with E-state index >= 15 is 0 Å². The van der Waals surface area contributed by atoms with Crippen molar-refractivity contribution in [3.8, 4) is 0 Å². The minimum Gasteiger partial charge on any atom is -0.480 e. The van der Waals surface area contributed by atoms with Crippen molar-refractivity contribution in [2.24, 2.45) is 22.9 Å². The Bertz CT molecular complexity index is 393. The van der Waals surface area contributed by atoms with E-state index in [0.717, 1.165) is 0 Å². The maximum absolute atomic E-state index is 12.1. The molecule has 0 aromatic heterocycles. The second kappa shape index (κ2) is 11.8. The zero-order valence-corrected chi connectivity index (χ0v) is 13.2. The fraction of sp³-hybridized carbons (Fsp3) is 0.769. The molecule has 0 aliphatic heterocycles. The summed E-state index contributed by atoms with van der Waals surface area (Å²) in [4.78, 5) is 35.1. The Morgan fingerprint density at radius 2 is 1.35 bits per heavy atom. The van der Waals surface area contributed by atoms with Crippen LogP contribution in [0.5, 0.6) is 0 Å². The minimum absolute atomic E-state index is 0.0837. The highest BCUT2D eigenvalue weighted by Crippen LogP contribution is 1.99. The molecule has 0 rings (SSSR count). The van der Waals surface area contributed by atoms with E-state index in [1.54, 1.807) is 0 Å².